The number of anilines is 1. The molecule has 1 aliphatic heterocycles. The van der Waals surface area contributed by atoms with E-state index in [4.69, 9.17) is 4.74 Å². The number of ketones is 1. The topological polar surface area (TPSA) is 97.9 Å². The van der Waals surface area contributed by atoms with E-state index in [2.05, 4.69) is 15.2 Å². The normalized spacial score (nSPS) is 14.6. The lowest BCUT2D eigenvalue weighted by Crippen LogP contribution is -2.36. The smallest absolute Gasteiger partial charge is 0.378 e. The molecule has 4 rings (SSSR count). The molecule has 1 aliphatic rings. The third-order valence-electron chi connectivity index (χ3n) is 5.25. The van der Waals surface area contributed by atoms with Gasteiger partial charge >= 0.3 is 6.18 Å². The van der Waals surface area contributed by atoms with Crippen molar-refractivity contribution in [2.24, 2.45) is 7.05 Å². The third-order valence-corrected chi connectivity index (χ3v) is 5.25. The van der Waals surface area contributed by atoms with Crippen molar-refractivity contribution in [1.82, 2.24) is 29.3 Å². The summed E-state index contributed by atoms with van der Waals surface area (Å²) in [6.07, 6.45) is -1.84. The molecular weight excluding hydrogens is 443 g/mol. The minimum Gasteiger partial charge on any atom is -0.378 e. The number of halogens is 3. The van der Waals surface area contributed by atoms with Crippen LogP contribution in [0.15, 0.2) is 24.5 Å². The Morgan fingerprint density at radius 2 is 1.97 bits per heavy atom. The molecule has 4 heterocycles. The van der Waals surface area contributed by atoms with Gasteiger partial charge in [0.05, 0.1) is 25.0 Å². The highest BCUT2D eigenvalue weighted by Crippen LogP contribution is 2.20. The molecule has 0 bridgehead atoms. The van der Waals surface area contributed by atoms with Crippen LogP contribution in [-0.4, -0.2) is 87.0 Å². The van der Waals surface area contributed by atoms with Crippen LogP contribution in [0.5, 0.6) is 0 Å². The van der Waals surface area contributed by atoms with Crippen LogP contribution in [0.4, 0.5) is 19.1 Å². The summed E-state index contributed by atoms with van der Waals surface area (Å²) < 4.78 is 46.2. The van der Waals surface area contributed by atoms with Crippen LogP contribution in [0.3, 0.4) is 0 Å². The second-order valence-electron chi connectivity index (χ2n) is 7.76. The maximum atomic E-state index is 13.0. The fourth-order valence-corrected chi connectivity index (χ4v) is 3.66. The average molecular weight is 465 g/mol. The highest BCUT2D eigenvalue weighted by atomic mass is 19.4. The molecule has 1 fully saturated rings. The number of Topliss-reactive ketones (excluding diaryl/α,β-unsaturated/α-hetero) is 1. The van der Waals surface area contributed by atoms with E-state index >= 15 is 0 Å². The number of amides is 1. The highest BCUT2D eigenvalue weighted by Gasteiger charge is 2.33. The first kappa shape index (κ1) is 22.7. The zero-order chi connectivity index (χ0) is 23.8. The van der Waals surface area contributed by atoms with Crippen LogP contribution in [0.1, 0.15) is 26.4 Å². The number of nitrogens with zero attached hydrogens (tertiary/aromatic N) is 7. The van der Waals surface area contributed by atoms with E-state index in [1.54, 1.807) is 22.8 Å². The summed E-state index contributed by atoms with van der Waals surface area (Å²) in [5, 5.41) is 8.35. The van der Waals surface area contributed by atoms with E-state index in [1.807, 2.05) is 4.90 Å². The molecule has 0 radical (unpaired) electrons. The Bertz CT molecular complexity index is 1180. The molecule has 13 heteroatoms. The standard InChI is InChI=1S/C20H22F3N7O3/c1-27(12-20(21,22)23)18(32)14-11-24-28(2)17(14)15(31)9-13-3-4-30-16(10-13)25-19(26-30)29-5-7-33-8-6-29/h3-4,10-11H,5-9,12H2,1-2H3. The lowest BCUT2D eigenvalue weighted by molar-refractivity contribution is -0.138. The fourth-order valence-electron chi connectivity index (χ4n) is 3.66. The number of ether oxygens (including phenoxy) is 1. The number of hydrogen-bond donors (Lipinski definition) is 0. The van der Waals surface area contributed by atoms with E-state index in [0.717, 1.165) is 13.2 Å². The molecule has 0 atom stereocenters. The summed E-state index contributed by atoms with van der Waals surface area (Å²) >= 11 is 0. The Hall–Kier alpha value is -3.48. The quantitative estimate of drug-likeness (QED) is 0.507. The predicted octanol–water partition coefficient (Wildman–Crippen LogP) is 1.36. The lowest BCUT2D eigenvalue weighted by Gasteiger charge is -2.25. The molecule has 0 aliphatic carbocycles. The number of fused-ring (bicyclic) bond motifs is 1. The number of carbonyl (C=O) groups is 2. The van der Waals surface area contributed by atoms with Crippen LogP contribution in [0, 0.1) is 0 Å². The number of rotatable bonds is 6. The average Bonchev–Trinajstić information content (AvgIpc) is 3.35. The second kappa shape index (κ2) is 8.81. The first-order valence-electron chi connectivity index (χ1n) is 10.2. The van der Waals surface area contributed by atoms with Crippen molar-refractivity contribution in [1.29, 1.82) is 0 Å². The third kappa shape index (κ3) is 4.97. The van der Waals surface area contributed by atoms with Crippen molar-refractivity contribution in [2.75, 3.05) is 44.8 Å². The van der Waals surface area contributed by atoms with Gasteiger partial charge in [-0.25, -0.2) is 4.52 Å². The zero-order valence-electron chi connectivity index (χ0n) is 18.0. The number of alkyl halides is 3. The van der Waals surface area contributed by atoms with E-state index in [0.29, 0.717) is 48.4 Å². The molecule has 0 aromatic carbocycles. The zero-order valence-corrected chi connectivity index (χ0v) is 18.0. The summed E-state index contributed by atoms with van der Waals surface area (Å²) in [5.74, 6) is -0.808. The molecule has 0 N–H and O–H groups in total. The lowest BCUT2D eigenvalue weighted by atomic mass is 10.0. The molecule has 33 heavy (non-hydrogen) atoms. The summed E-state index contributed by atoms with van der Waals surface area (Å²) in [4.78, 5) is 32.6. The molecule has 0 spiro atoms. The van der Waals surface area contributed by atoms with Gasteiger partial charge in [0.15, 0.2) is 11.4 Å². The Morgan fingerprint density at radius 1 is 1.24 bits per heavy atom. The maximum absolute atomic E-state index is 13.0. The van der Waals surface area contributed by atoms with Gasteiger partial charge in [-0.05, 0) is 17.7 Å². The van der Waals surface area contributed by atoms with Gasteiger partial charge < -0.3 is 14.5 Å². The van der Waals surface area contributed by atoms with Gasteiger partial charge in [0, 0.05) is 39.8 Å². The largest absolute Gasteiger partial charge is 0.406 e. The molecule has 3 aromatic heterocycles. The number of morpholine rings is 1. The fraction of sp³-hybridized carbons (Fsp3) is 0.450. The highest BCUT2D eigenvalue weighted by molar-refractivity contribution is 6.07. The molecular formula is C20H22F3N7O3. The van der Waals surface area contributed by atoms with Crippen molar-refractivity contribution in [3.05, 3.63) is 41.3 Å². The second-order valence-corrected chi connectivity index (χ2v) is 7.76. The van der Waals surface area contributed by atoms with Crippen molar-refractivity contribution in [3.8, 4) is 0 Å². The Morgan fingerprint density at radius 3 is 2.67 bits per heavy atom. The van der Waals surface area contributed by atoms with Gasteiger partial charge in [0.1, 0.15) is 12.2 Å². The Balaban J connectivity index is 1.53. The van der Waals surface area contributed by atoms with Crippen LogP contribution < -0.4 is 4.90 Å². The van der Waals surface area contributed by atoms with Gasteiger partial charge in [0.25, 0.3) is 5.91 Å². The summed E-state index contributed by atoms with van der Waals surface area (Å²) in [6.45, 7) is 1.13. The number of pyridine rings is 1. The van der Waals surface area contributed by atoms with Gasteiger partial charge in [-0.1, -0.05) is 0 Å². The SMILES string of the molecule is CN(CC(F)(F)F)C(=O)c1cnn(C)c1C(=O)Cc1ccn2nc(N3CCOCC3)nc2c1. The van der Waals surface area contributed by atoms with Crippen LogP contribution in [-0.2, 0) is 18.2 Å². The van der Waals surface area contributed by atoms with Gasteiger partial charge in [0.2, 0.25) is 5.95 Å². The molecule has 10 nitrogen and oxygen atoms in total. The predicted molar refractivity (Wildman–Crippen MR) is 110 cm³/mol. The molecule has 1 amide bonds. The van der Waals surface area contributed by atoms with E-state index in [1.165, 1.54) is 11.7 Å². The van der Waals surface area contributed by atoms with Gasteiger partial charge in [-0.15, -0.1) is 5.10 Å². The molecule has 1 saturated heterocycles. The minimum absolute atomic E-state index is 0.0515. The minimum atomic E-state index is -4.55. The Kier molecular flexibility index (Phi) is 6.06. The molecule has 0 unspecified atom stereocenters. The molecule has 3 aromatic rings. The Labute approximate surface area is 186 Å². The number of carbonyl (C=O) groups excluding carboxylic acids is 2. The maximum Gasteiger partial charge on any atom is 0.406 e. The number of hydrogen-bond acceptors (Lipinski definition) is 7. The monoisotopic (exact) mass is 465 g/mol. The van der Waals surface area contributed by atoms with Crippen LogP contribution in [0.2, 0.25) is 0 Å². The van der Waals surface area contributed by atoms with Gasteiger partial charge in [-0.3, -0.25) is 14.3 Å². The van der Waals surface area contributed by atoms with E-state index in [9.17, 15) is 22.8 Å². The van der Waals surface area contributed by atoms with Crippen LogP contribution >= 0.6 is 0 Å². The van der Waals surface area contributed by atoms with Crippen molar-refractivity contribution < 1.29 is 27.5 Å². The first-order valence-corrected chi connectivity index (χ1v) is 10.2. The molecule has 0 saturated carbocycles. The molecule has 176 valence electrons. The van der Waals surface area contributed by atoms with E-state index < -0.39 is 24.4 Å². The van der Waals surface area contributed by atoms with Crippen LogP contribution in [0.25, 0.3) is 5.65 Å². The van der Waals surface area contributed by atoms with Crippen molar-refractivity contribution in [3.63, 3.8) is 0 Å². The number of aromatic nitrogens is 5. The summed E-state index contributed by atoms with van der Waals surface area (Å²) in [6, 6.07) is 3.42. The van der Waals surface area contributed by atoms with Crippen molar-refractivity contribution in [2.45, 2.75) is 12.6 Å². The van der Waals surface area contributed by atoms with Gasteiger partial charge in [-0.2, -0.15) is 23.3 Å². The summed E-state index contributed by atoms with van der Waals surface area (Å²) in [7, 11) is 2.49. The first-order chi connectivity index (χ1) is 15.6. The van der Waals surface area contributed by atoms with Crippen molar-refractivity contribution >= 4 is 23.3 Å². The number of aryl methyl sites for hydroxylation is 1. The van der Waals surface area contributed by atoms with E-state index in [-0.39, 0.29) is 17.7 Å². The summed E-state index contributed by atoms with van der Waals surface area (Å²) in [5.41, 5.74) is 0.946.